The summed E-state index contributed by atoms with van der Waals surface area (Å²) in [5.74, 6) is -0.863. The van der Waals surface area contributed by atoms with Crippen LogP contribution in [0.5, 0.6) is 0 Å². The van der Waals surface area contributed by atoms with Crippen molar-refractivity contribution in [1.29, 1.82) is 0 Å². The van der Waals surface area contributed by atoms with Gasteiger partial charge in [0, 0.05) is 5.41 Å². The van der Waals surface area contributed by atoms with E-state index in [1.165, 1.54) is 29.5 Å². The van der Waals surface area contributed by atoms with Crippen LogP contribution in [0.15, 0.2) is 22.7 Å². The maximum atomic E-state index is 14.2. The van der Waals surface area contributed by atoms with Gasteiger partial charge in [-0.05, 0) is 19.1 Å². The fraction of sp³-hybridized carbons (Fsp3) is 0.294. The van der Waals surface area contributed by atoms with Crippen LogP contribution < -0.4 is 5.32 Å². The average Bonchev–Trinajstić information content (AvgIpc) is 3.14. The van der Waals surface area contributed by atoms with E-state index in [0.717, 1.165) is 5.01 Å². The highest BCUT2D eigenvalue weighted by atomic mass is 35.5. The summed E-state index contributed by atoms with van der Waals surface area (Å²) < 4.78 is 19.3. The molecule has 0 saturated heterocycles. The standard InChI is InChI=1S/C17H16ClFN4O2S/c1-8-11(13(23-25-8)12-9(18)6-5-7-10(12)19)14(24)20-16-22-21-15(26-16)17(2,3)4/h5-7H,1-4H3,(H,20,22,24). The highest BCUT2D eigenvalue weighted by molar-refractivity contribution is 7.15. The molecular weight excluding hydrogens is 379 g/mol. The summed E-state index contributed by atoms with van der Waals surface area (Å²) in [7, 11) is 0. The highest BCUT2D eigenvalue weighted by Gasteiger charge is 2.27. The summed E-state index contributed by atoms with van der Waals surface area (Å²) in [5.41, 5.74) is -0.0171. The Balaban J connectivity index is 1.96. The van der Waals surface area contributed by atoms with Gasteiger partial charge in [0.15, 0.2) is 0 Å². The molecule has 0 bridgehead atoms. The number of benzene rings is 1. The van der Waals surface area contributed by atoms with Gasteiger partial charge >= 0.3 is 0 Å². The summed E-state index contributed by atoms with van der Waals surface area (Å²) >= 11 is 7.36. The van der Waals surface area contributed by atoms with Crippen LogP contribution in [0, 0.1) is 12.7 Å². The maximum Gasteiger partial charge on any atom is 0.263 e. The lowest BCUT2D eigenvalue weighted by Crippen LogP contribution is -2.13. The van der Waals surface area contributed by atoms with Crippen LogP contribution in [0.2, 0.25) is 5.02 Å². The summed E-state index contributed by atoms with van der Waals surface area (Å²) in [6.45, 7) is 7.57. The Morgan fingerprint density at radius 1 is 1.31 bits per heavy atom. The Hall–Kier alpha value is -2.32. The molecule has 1 aromatic carbocycles. The second-order valence-electron chi connectivity index (χ2n) is 6.68. The molecule has 0 aliphatic carbocycles. The molecule has 6 nitrogen and oxygen atoms in total. The molecule has 26 heavy (non-hydrogen) atoms. The molecule has 0 unspecified atom stereocenters. The number of hydrogen-bond acceptors (Lipinski definition) is 6. The molecule has 136 valence electrons. The van der Waals surface area contributed by atoms with Crippen molar-refractivity contribution in [2.24, 2.45) is 0 Å². The molecule has 2 heterocycles. The molecule has 1 amide bonds. The van der Waals surface area contributed by atoms with E-state index >= 15 is 0 Å². The quantitative estimate of drug-likeness (QED) is 0.687. The molecule has 3 aromatic rings. The SMILES string of the molecule is Cc1onc(-c2c(F)cccc2Cl)c1C(=O)Nc1nnc(C(C)(C)C)s1. The van der Waals surface area contributed by atoms with Gasteiger partial charge in [-0.25, -0.2) is 4.39 Å². The summed E-state index contributed by atoms with van der Waals surface area (Å²) in [6.07, 6.45) is 0. The summed E-state index contributed by atoms with van der Waals surface area (Å²) in [4.78, 5) is 12.7. The van der Waals surface area contributed by atoms with Crippen LogP contribution >= 0.6 is 22.9 Å². The predicted octanol–water partition coefficient (Wildman–Crippen LogP) is 4.84. The molecule has 0 fully saturated rings. The van der Waals surface area contributed by atoms with Gasteiger partial charge < -0.3 is 4.52 Å². The second-order valence-corrected chi connectivity index (χ2v) is 8.06. The van der Waals surface area contributed by atoms with Crippen molar-refractivity contribution in [2.45, 2.75) is 33.1 Å². The number of amides is 1. The average molecular weight is 395 g/mol. The number of aryl methyl sites for hydroxylation is 1. The second kappa shape index (κ2) is 6.77. The lowest BCUT2D eigenvalue weighted by Gasteiger charge is -2.12. The van der Waals surface area contributed by atoms with E-state index in [2.05, 4.69) is 20.7 Å². The molecule has 0 aliphatic heterocycles. The largest absolute Gasteiger partial charge is 0.360 e. The first-order valence-corrected chi connectivity index (χ1v) is 8.94. The van der Waals surface area contributed by atoms with Crippen LogP contribution in [0.4, 0.5) is 9.52 Å². The van der Waals surface area contributed by atoms with Gasteiger partial charge in [-0.3, -0.25) is 10.1 Å². The number of aromatic nitrogens is 3. The highest BCUT2D eigenvalue weighted by Crippen LogP contribution is 2.34. The van der Waals surface area contributed by atoms with Crippen LogP contribution in [-0.2, 0) is 5.41 Å². The van der Waals surface area contributed by atoms with E-state index in [-0.39, 0.29) is 33.0 Å². The molecule has 1 N–H and O–H groups in total. The predicted molar refractivity (Wildman–Crippen MR) is 98.2 cm³/mol. The third kappa shape index (κ3) is 3.47. The molecule has 0 saturated carbocycles. The number of halogens is 2. The molecule has 0 atom stereocenters. The van der Waals surface area contributed by atoms with Crippen molar-refractivity contribution in [3.8, 4) is 11.3 Å². The molecule has 0 aliphatic rings. The maximum absolute atomic E-state index is 14.2. The summed E-state index contributed by atoms with van der Waals surface area (Å²) in [5, 5.41) is 15.8. The number of rotatable bonds is 3. The third-order valence-corrected chi connectivity index (χ3v) is 5.16. The van der Waals surface area contributed by atoms with Gasteiger partial charge in [0.25, 0.3) is 5.91 Å². The first kappa shape index (κ1) is 18.5. The number of nitrogens with zero attached hydrogens (tertiary/aromatic N) is 3. The first-order chi connectivity index (χ1) is 12.2. The van der Waals surface area contributed by atoms with E-state index in [1.807, 2.05) is 20.8 Å². The van der Waals surface area contributed by atoms with Gasteiger partial charge in [-0.1, -0.05) is 54.9 Å². The van der Waals surface area contributed by atoms with Crippen molar-refractivity contribution < 1.29 is 13.7 Å². The van der Waals surface area contributed by atoms with Crippen molar-refractivity contribution >= 4 is 34.0 Å². The normalized spacial score (nSPS) is 11.6. The smallest absolute Gasteiger partial charge is 0.263 e. The number of carbonyl (C=O) groups is 1. The lowest BCUT2D eigenvalue weighted by molar-refractivity contribution is 0.102. The van der Waals surface area contributed by atoms with E-state index in [1.54, 1.807) is 6.92 Å². The number of anilines is 1. The third-order valence-electron chi connectivity index (χ3n) is 3.58. The lowest BCUT2D eigenvalue weighted by atomic mass is 9.98. The van der Waals surface area contributed by atoms with Crippen LogP contribution in [-0.4, -0.2) is 21.3 Å². The van der Waals surface area contributed by atoms with Gasteiger partial charge in [-0.2, -0.15) is 0 Å². The Morgan fingerprint density at radius 3 is 2.65 bits per heavy atom. The zero-order chi connectivity index (χ0) is 19.1. The van der Waals surface area contributed by atoms with Crippen LogP contribution in [0.3, 0.4) is 0 Å². The Labute approximate surface area is 158 Å². The van der Waals surface area contributed by atoms with Crippen LogP contribution in [0.1, 0.15) is 41.9 Å². The van der Waals surface area contributed by atoms with E-state index in [9.17, 15) is 9.18 Å². The Kier molecular flexibility index (Phi) is 4.81. The molecule has 2 aromatic heterocycles. The zero-order valence-electron chi connectivity index (χ0n) is 14.6. The van der Waals surface area contributed by atoms with Crippen molar-refractivity contribution in [2.75, 3.05) is 5.32 Å². The monoisotopic (exact) mass is 394 g/mol. The molecular formula is C17H16ClFN4O2S. The minimum atomic E-state index is -0.592. The topological polar surface area (TPSA) is 80.9 Å². The minimum Gasteiger partial charge on any atom is -0.360 e. The molecule has 3 rings (SSSR count). The molecule has 0 radical (unpaired) electrons. The van der Waals surface area contributed by atoms with Crippen molar-refractivity contribution in [3.63, 3.8) is 0 Å². The van der Waals surface area contributed by atoms with E-state index in [0.29, 0.717) is 5.13 Å². The van der Waals surface area contributed by atoms with Gasteiger partial charge in [0.1, 0.15) is 27.8 Å². The Bertz CT molecular complexity index is 957. The number of nitrogens with one attached hydrogen (secondary N) is 1. The minimum absolute atomic E-state index is 0.0174. The summed E-state index contributed by atoms with van der Waals surface area (Å²) in [6, 6.07) is 4.24. The van der Waals surface area contributed by atoms with Crippen molar-refractivity contribution in [3.05, 3.63) is 45.4 Å². The molecule has 9 heteroatoms. The number of hydrogen-bond donors (Lipinski definition) is 1. The number of carbonyl (C=O) groups excluding carboxylic acids is 1. The van der Waals surface area contributed by atoms with Gasteiger partial charge in [-0.15, -0.1) is 10.2 Å². The fourth-order valence-electron chi connectivity index (χ4n) is 2.27. The van der Waals surface area contributed by atoms with E-state index in [4.69, 9.17) is 16.1 Å². The van der Waals surface area contributed by atoms with Gasteiger partial charge in [0.2, 0.25) is 5.13 Å². The zero-order valence-corrected chi connectivity index (χ0v) is 16.1. The van der Waals surface area contributed by atoms with Crippen molar-refractivity contribution in [1.82, 2.24) is 15.4 Å². The van der Waals surface area contributed by atoms with E-state index < -0.39 is 11.7 Å². The Morgan fingerprint density at radius 2 is 2.04 bits per heavy atom. The fourth-order valence-corrected chi connectivity index (χ4v) is 3.32. The molecule has 0 spiro atoms. The first-order valence-electron chi connectivity index (χ1n) is 7.74. The van der Waals surface area contributed by atoms with Gasteiger partial charge in [0.05, 0.1) is 10.6 Å². The van der Waals surface area contributed by atoms with Crippen LogP contribution in [0.25, 0.3) is 11.3 Å².